The van der Waals surface area contributed by atoms with Gasteiger partial charge in [0.05, 0.1) is 0 Å². The molecule has 1 atom stereocenters. The van der Waals surface area contributed by atoms with Gasteiger partial charge in [0.2, 0.25) is 0 Å². The summed E-state index contributed by atoms with van der Waals surface area (Å²) in [7, 11) is 0. The van der Waals surface area contributed by atoms with E-state index in [1.807, 2.05) is 6.07 Å². The van der Waals surface area contributed by atoms with Crippen LogP contribution in [0, 0.1) is 5.92 Å². The van der Waals surface area contributed by atoms with Gasteiger partial charge in [0.15, 0.2) is 0 Å². The average molecular weight is 356 g/mol. The van der Waals surface area contributed by atoms with Crippen molar-refractivity contribution >= 4 is 40.6 Å². The molecule has 2 rings (SSSR count). The van der Waals surface area contributed by atoms with Crippen molar-refractivity contribution in [3.05, 3.63) is 35.0 Å². The fourth-order valence-corrected chi connectivity index (χ4v) is 2.54. The molecule has 20 heavy (non-hydrogen) atoms. The first kappa shape index (κ1) is 15.4. The van der Waals surface area contributed by atoms with Crippen LogP contribution in [0.4, 0.5) is 10.6 Å². The minimum absolute atomic E-state index is 0.247. The summed E-state index contributed by atoms with van der Waals surface area (Å²) in [5.74, 6) is 1.09. The lowest BCUT2D eigenvalue weighted by molar-refractivity contribution is 0.237. The highest BCUT2D eigenvalue weighted by molar-refractivity contribution is 9.10. The topological polar surface area (TPSA) is 45.2 Å². The van der Waals surface area contributed by atoms with Gasteiger partial charge in [0, 0.05) is 17.2 Å². The normalized spacial score (nSPS) is 17.8. The van der Waals surface area contributed by atoms with Crippen LogP contribution in [0.1, 0.15) is 25.7 Å². The molecule has 1 aromatic rings. The molecule has 1 aromatic heterocycles. The fourth-order valence-electron chi connectivity index (χ4n) is 2.14. The maximum Gasteiger partial charge on any atom is 0.332 e. The zero-order valence-electron chi connectivity index (χ0n) is 11.1. The van der Waals surface area contributed by atoms with Gasteiger partial charge in [-0.3, -0.25) is 9.62 Å². The minimum atomic E-state index is -0.247. The molecule has 0 fully saturated rings. The standard InChI is InChI=1S/C14H18BrN3OS/c15-12-6-7-13(16-10-12)17-14(19)18(20)9-8-11-4-2-1-3-5-11/h2,4,6-7,10-11,20H,1,3,5,8-9H2,(H,16,17,19). The highest BCUT2D eigenvalue weighted by atomic mass is 79.9. The van der Waals surface area contributed by atoms with Crippen molar-refractivity contribution in [2.45, 2.75) is 25.7 Å². The number of carbonyl (C=O) groups is 1. The van der Waals surface area contributed by atoms with E-state index < -0.39 is 0 Å². The van der Waals surface area contributed by atoms with Gasteiger partial charge >= 0.3 is 6.03 Å². The monoisotopic (exact) mass is 355 g/mol. The summed E-state index contributed by atoms with van der Waals surface area (Å²) < 4.78 is 2.29. The smallest absolute Gasteiger partial charge is 0.291 e. The predicted molar refractivity (Wildman–Crippen MR) is 87.7 cm³/mol. The third-order valence-electron chi connectivity index (χ3n) is 3.26. The Balaban J connectivity index is 1.78. The molecule has 0 bridgehead atoms. The first-order valence-corrected chi connectivity index (χ1v) is 7.90. The second-order valence-electron chi connectivity index (χ2n) is 4.82. The Hall–Kier alpha value is -1.01. The molecule has 108 valence electrons. The van der Waals surface area contributed by atoms with Gasteiger partial charge in [0.25, 0.3) is 0 Å². The second kappa shape index (κ2) is 7.69. The van der Waals surface area contributed by atoms with E-state index in [-0.39, 0.29) is 6.03 Å². The maximum absolute atomic E-state index is 11.9. The molecule has 2 amide bonds. The van der Waals surface area contributed by atoms with Crippen LogP contribution in [0.2, 0.25) is 0 Å². The highest BCUT2D eigenvalue weighted by Crippen LogP contribution is 2.21. The van der Waals surface area contributed by atoms with Crippen molar-refractivity contribution in [1.29, 1.82) is 0 Å². The number of aromatic nitrogens is 1. The first-order valence-electron chi connectivity index (χ1n) is 6.71. The van der Waals surface area contributed by atoms with Crippen molar-refractivity contribution in [2.75, 3.05) is 11.9 Å². The van der Waals surface area contributed by atoms with E-state index in [0.29, 0.717) is 18.3 Å². The van der Waals surface area contributed by atoms with Gasteiger partial charge in [-0.2, -0.15) is 0 Å². The van der Waals surface area contributed by atoms with Crippen LogP contribution in [-0.2, 0) is 0 Å². The molecule has 6 heteroatoms. The summed E-state index contributed by atoms with van der Waals surface area (Å²) in [6, 6.07) is 3.33. The Morgan fingerprint density at radius 1 is 1.55 bits per heavy atom. The van der Waals surface area contributed by atoms with Crippen LogP contribution in [0.3, 0.4) is 0 Å². The molecular weight excluding hydrogens is 338 g/mol. The van der Waals surface area contributed by atoms with Crippen LogP contribution in [0.5, 0.6) is 0 Å². The molecule has 0 radical (unpaired) electrons. The van der Waals surface area contributed by atoms with Gasteiger partial charge in [-0.25, -0.2) is 9.78 Å². The first-order chi connectivity index (χ1) is 9.65. The number of pyridine rings is 1. The van der Waals surface area contributed by atoms with E-state index in [2.05, 4.69) is 51.2 Å². The van der Waals surface area contributed by atoms with Gasteiger partial charge in [-0.05, 0) is 59.7 Å². The number of thiol groups is 1. The average Bonchev–Trinajstić information content (AvgIpc) is 2.48. The number of carbonyl (C=O) groups excluding carboxylic acids is 1. The molecule has 1 unspecified atom stereocenters. The summed E-state index contributed by atoms with van der Waals surface area (Å²) in [5.41, 5.74) is 0. The Bertz CT molecular complexity index is 478. The molecule has 1 heterocycles. The van der Waals surface area contributed by atoms with E-state index in [4.69, 9.17) is 0 Å². The molecular formula is C14H18BrN3OS. The zero-order valence-corrected chi connectivity index (χ0v) is 13.6. The Morgan fingerprint density at radius 3 is 3.05 bits per heavy atom. The van der Waals surface area contributed by atoms with Crippen LogP contribution >= 0.6 is 28.7 Å². The van der Waals surface area contributed by atoms with E-state index >= 15 is 0 Å². The number of hydrogen-bond donors (Lipinski definition) is 2. The van der Waals surface area contributed by atoms with E-state index in [9.17, 15) is 4.79 Å². The number of amides is 2. The molecule has 0 saturated carbocycles. The predicted octanol–water partition coefficient (Wildman–Crippen LogP) is 4.27. The summed E-state index contributed by atoms with van der Waals surface area (Å²) in [5, 5.41) is 2.72. The molecule has 1 aliphatic rings. The molecule has 0 spiro atoms. The van der Waals surface area contributed by atoms with E-state index in [0.717, 1.165) is 10.9 Å². The molecule has 1 aliphatic carbocycles. The summed E-state index contributed by atoms with van der Waals surface area (Å²) >= 11 is 7.54. The number of rotatable bonds is 4. The number of nitrogens with zero attached hydrogens (tertiary/aromatic N) is 2. The minimum Gasteiger partial charge on any atom is -0.291 e. The maximum atomic E-state index is 11.9. The molecule has 0 aliphatic heterocycles. The van der Waals surface area contributed by atoms with Crippen LogP contribution in [-0.4, -0.2) is 21.9 Å². The van der Waals surface area contributed by atoms with E-state index in [1.54, 1.807) is 12.3 Å². The van der Waals surface area contributed by atoms with Gasteiger partial charge in [-0.1, -0.05) is 25.0 Å². The van der Waals surface area contributed by atoms with Gasteiger partial charge in [0.1, 0.15) is 5.82 Å². The molecule has 1 N–H and O–H groups in total. The number of allylic oxidation sites excluding steroid dienone is 2. The van der Waals surface area contributed by atoms with Crippen molar-refractivity contribution in [3.8, 4) is 0 Å². The summed E-state index contributed by atoms with van der Waals surface area (Å²) in [6.45, 7) is 0.625. The van der Waals surface area contributed by atoms with Gasteiger partial charge in [-0.15, -0.1) is 0 Å². The number of urea groups is 1. The zero-order chi connectivity index (χ0) is 14.4. The van der Waals surface area contributed by atoms with Crippen molar-refractivity contribution in [3.63, 3.8) is 0 Å². The van der Waals surface area contributed by atoms with E-state index in [1.165, 1.54) is 23.6 Å². The van der Waals surface area contributed by atoms with Crippen molar-refractivity contribution in [2.24, 2.45) is 5.92 Å². The van der Waals surface area contributed by atoms with Crippen LogP contribution in [0.15, 0.2) is 35.0 Å². The van der Waals surface area contributed by atoms with Crippen LogP contribution in [0.25, 0.3) is 0 Å². The van der Waals surface area contributed by atoms with Crippen molar-refractivity contribution in [1.82, 2.24) is 9.29 Å². The number of halogens is 1. The summed E-state index contributed by atoms with van der Waals surface area (Å²) in [6.07, 6.45) is 10.7. The number of anilines is 1. The Labute approximate surface area is 133 Å². The van der Waals surface area contributed by atoms with Gasteiger partial charge < -0.3 is 0 Å². The van der Waals surface area contributed by atoms with Crippen molar-refractivity contribution < 1.29 is 4.79 Å². The van der Waals surface area contributed by atoms with Crippen LogP contribution < -0.4 is 5.32 Å². The highest BCUT2D eigenvalue weighted by Gasteiger charge is 2.14. The number of nitrogens with one attached hydrogen (secondary N) is 1. The quantitative estimate of drug-likeness (QED) is 0.625. The third kappa shape index (κ3) is 4.83. The molecule has 4 nitrogen and oxygen atoms in total. The SMILES string of the molecule is O=C(Nc1ccc(Br)cn1)N(S)CCC1C=CCCC1. The largest absolute Gasteiger partial charge is 0.332 e. The lowest BCUT2D eigenvalue weighted by atomic mass is 9.93. The molecule has 0 saturated heterocycles. The molecule has 0 aromatic carbocycles. The lowest BCUT2D eigenvalue weighted by Gasteiger charge is -2.20. The fraction of sp³-hybridized carbons (Fsp3) is 0.429. The lowest BCUT2D eigenvalue weighted by Crippen LogP contribution is -2.29. The second-order valence-corrected chi connectivity index (χ2v) is 6.22. The Morgan fingerprint density at radius 2 is 2.40 bits per heavy atom. The number of hydrogen-bond acceptors (Lipinski definition) is 3. The summed E-state index contributed by atoms with van der Waals surface area (Å²) in [4.78, 5) is 16.0. The Kier molecular flexibility index (Phi) is 5.91. The third-order valence-corrected chi connectivity index (χ3v) is 4.11.